The number of amides is 1. The number of rotatable bonds is 5. The predicted molar refractivity (Wildman–Crippen MR) is 78.5 cm³/mol. The maximum atomic E-state index is 12.3. The van der Waals surface area contributed by atoms with Crippen molar-refractivity contribution < 1.29 is 23.1 Å². The van der Waals surface area contributed by atoms with Crippen LogP contribution in [0.2, 0.25) is 0 Å². The first-order valence-corrected chi connectivity index (χ1v) is 8.13. The van der Waals surface area contributed by atoms with Gasteiger partial charge >= 0.3 is 5.97 Å². The maximum Gasteiger partial charge on any atom is 0.333 e. The van der Waals surface area contributed by atoms with Gasteiger partial charge in [-0.2, -0.15) is 0 Å². The summed E-state index contributed by atoms with van der Waals surface area (Å²) in [5.74, 6) is -2.13. The normalized spacial score (nSPS) is 15.0. The molecule has 0 saturated heterocycles. The summed E-state index contributed by atoms with van der Waals surface area (Å²) in [6.45, 7) is 3.80. The Morgan fingerprint density at radius 2 is 1.57 bits per heavy atom. The molecular weight excluding hydrogens is 294 g/mol. The molecule has 0 saturated carbocycles. The highest BCUT2D eigenvalue weighted by atomic mass is 32.2. The molecule has 0 spiro atoms. The van der Waals surface area contributed by atoms with E-state index in [1.807, 2.05) is 0 Å². The quantitative estimate of drug-likeness (QED) is 0.842. The second-order valence-electron chi connectivity index (χ2n) is 5.53. The number of carboxylic acids is 1. The summed E-state index contributed by atoms with van der Waals surface area (Å²) >= 11 is 0. The molecule has 0 radical (unpaired) electrons. The van der Waals surface area contributed by atoms with Crippen LogP contribution in [-0.2, 0) is 25.0 Å². The average molecular weight is 313 g/mol. The van der Waals surface area contributed by atoms with E-state index in [1.165, 1.54) is 20.8 Å². The van der Waals surface area contributed by atoms with E-state index in [2.05, 4.69) is 5.32 Å². The van der Waals surface area contributed by atoms with E-state index in [4.69, 9.17) is 0 Å². The number of nitrogens with one attached hydrogen (secondary N) is 1. The van der Waals surface area contributed by atoms with Crippen LogP contribution in [0.1, 0.15) is 26.3 Å². The Morgan fingerprint density at radius 3 is 1.95 bits per heavy atom. The van der Waals surface area contributed by atoms with Crippen LogP contribution in [0.3, 0.4) is 0 Å². The zero-order chi connectivity index (χ0) is 16.5. The lowest BCUT2D eigenvalue weighted by Gasteiger charge is -2.31. The SMILES string of the molecule is CC(NC(=O)C(C)(C)S(C)(=O)=O)(C(=O)O)c1ccccc1. The topological polar surface area (TPSA) is 101 Å². The van der Waals surface area contributed by atoms with Crippen molar-refractivity contribution in [1.29, 1.82) is 0 Å². The van der Waals surface area contributed by atoms with Gasteiger partial charge in [0.1, 0.15) is 4.75 Å². The second kappa shape index (κ2) is 5.48. The molecule has 116 valence electrons. The number of aliphatic carboxylic acids is 1. The van der Waals surface area contributed by atoms with Gasteiger partial charge in [-0.25, -0.2) is 13.2 Å². The summed E-state index contributed by atoms with van der Waals surface area (Å²) in [4.78, 5) is 23.8. The average Bonchev–Trinajstić information content (AvgIpc) is 2.37. The van der Waals surface area contributed by atoms with Gasteiger partial charge in [0, 0.05) is 6.26 Å². The summed E-state index contributed by atoms with van der Waals surface area (Å²) in [6, 6.07) is 8.12. The molecule has 2 N–H and O–H groups in total. The summed E-state index contributed by atoms with van der Waals surface area (Å²) in [6.07, 6.45) is 0.938. The fourth-order valence-corrected chi connectivity index (χ4v) is 1.95. The summed E-state index contributed by atoms with van der Waals surface area (Å²) in [7, 11) is -3.69. The van der Waals surface area contributed by atoms with Crippen LogP contribution in [-0.4, -0.2) is 36.4 Å². The van der Waals surface area contributed by atoms with Crippen LogP contribution in [0.15, 0.2) is 30.3 Å². The smallest absolute Gasteiger partial charge is 0.333 e. The van der Waals surface area contributed by atoms with Gasteiger partial charge in [-0.15, -0.1) is 0 Å². The maximum absolute atomic E-state index is 12.3. The highest BCUT2D eigenvalue weighted by Crippen LogP contribution is 2.24. The number of carbonyl (C=O) groups is 2. The number of benzene rings is 1. The van der Waals surface area contributed by atoms with Crippen molar-refractivity contribution in [1.82, 2.24) is 5.32 Å². The molecule has 1 atom stereocenters. The Labute approximate surface area is 124 Å². The van der Waals surface area contributed by atoms with E-state index in [-0.39, 0.29) is 0 Å². The second-order valence-corrected chi connectivity index (χ2v) is 8.10. The standard InChI is InChI=1S/C14H19NO5S/c1-13(2,21(4,19)20)11(16)15-14(3,12(17)18)10-8-6-5-7-9-10/h5-9H,1-4H3,(H,15,16)(H,17,18). The molecule has 0 heterocycles. The minimum absolute atomic E-state index is 0.357. The van der Waals surface area contributed by atoms with Crippen molar-refractivity contribution in [3.63, 3.8) is 0 Å². The molecule has 0 bridgehead atoms. The molecule has 1 aromatic rings. The highest BCUT2D eigenvalue weighted by molar-refractivity contribution is 7.92. The summed E-state index contributed by atoms with van der Waals surface area (Å²) < 4.78 is 21.6. The van der Waals surface area contributed by atoms with Crippen molar-refractivity contribution in [2.45, 2.75) is 31.1 Å². The van der Waals surface area contributed by atoms with Crippen LogP contribution in [0.25, 0.3) is 0 Å². The van der Waals surface area contributed by atoms with Crippen molar-refractivity contribution in [3.05, 3.63) is 35.9 Å². The molecule has 0 aliphatic rings. The van der Waals surface area contributed by atoms with E-state index in [9.17, 15) is 23.1 Å². The number of hydrogen-bond donors (Lipinski definition) is 2. The van der Waals surface area contributed by atoms with Crippen molar-refractivity contribution in [3.8, 4) is 0 Å². The van der Waals surface area contributed by atoms with Gasteiger partial charge in [-0.1, -0.05) is 30.3 Å². The van der Waals surface area contributed by atoms with Crippen molar-refractivity contribution >= 4 is 21.7 Å². The van der Waals surface area contributed by atoms with Crippen LogP contribution in [0, 0.1) is 0 Å². The number of hydrogen-bond acceptors (Lipinski definition) is 4. The van der Waals surface area contributed by atoms with Gasteiger partial charge in [0.2, 0.25) is 5.91 Å². The predicted octanol–water partition coefficient (Wildman–Crippen LogP) is 0.926. The molecule has 0 fully saturated rings. The minimum Gasteiger partial charge on any atom is -0.479 e. The molecule has 21 heavy (non-hydrogen) atoms. The molecule has 1 aromatic carbocycles. The van der Waals surface area contributed by atoms with E-state index >= 15 is 0 Å². The number of carboxylic acid groups (broad SMARTS) is 1. The third-order valence-corrected chi connectivity index (χ3v) is 5.66. The van der Waals surface area contributed by atoms with Crippen LogP contribution in [0.4, 0.5) is 0 Å². The van der Waals surface area contributed by atoms with E-state index in [0.717, 1.165) is 6.26 Å². The zero-order valence-electron chi connectivity index (χ0n) is 12.4. The van der Waals surface area contributed by atoms with E-state index in [1.54, 1.807) is 30.3 Å². The molecule has 1 unspecified atom stereocenters. The number of carbonyl (C=O) groups excluding carboxylic acids is 1. The van der Waals surface area contributed by atoms with E-state index < -0.39 is 32.0 Å². The molecule has 1 amide bonds. The van der Waals surface area contributed by atoms with Crippen LogP contribution < -0.4 is 5.32 Å². The molecule has 0 aromatic heterocycles. The first-order valence-electron chi connectivity index (χ1n) is 6.24. The molecule has 1 rings (SSSR count). The van der Waals surface area contributed by atoms with Gasteiger partial charge < -0.3 is 10.4 Å². The Bertz CT molecular complexity index is 651. The van der Waals surface area contributed by atoms with Gasteiger partial charge in [-0.05, 0) is 26.3 Å². The third kappa shape index (κ3) is 3.24. The largest absolute Gasteiger partial charge is 0.479 e. The zero-order valence-corrected chi connectivity index (χ0v) is 13.2. The molecule has 7 heteroatoms. The molecule has 0 aliphatic heterocycles. The number of sulfone groups is 1. The first-order chi connectivity index (χ1) is 9.43. The first kappa shape index (κ1) is 17.2. The van der Waals surface area contributed by atoms with Gasteiger partial charge in [-0.3, -0.25) is 4.79 Å². The summed E-state index contributed by atoms with van der Waals surface area (Å²) in [5, 5.41) is 11.8. The molecule has 6 nitrogen and oxygen atoms in total. The van der Waals surface area contributed by atoms with E-state index in [0.29, 0.717) is 5.56 Å². The lowest BCUT2D eigenvalue weighted by atomic mass is 9.91. The highest BCUT2D eigenvalue weighted by Gasteiger charge is 2.44. The monoisotopic (exact) mass is 313 g/mol. The molecule has 0 aliphatic carbocycles. The summed E-state index contributed by atoms with van der Waals surface area (Å²) in [5.41, 5.74) is -1.35. The Morgan fingerprint density at radius 1 is 1.10 bits per heavy atom. The van der Waals surface area contributed by atoms with Crippen LogP contribution in [0.5, 0.6) is 0 Å². The van der Waals surface area contributed by atoms with Crippen molar-refractivity contribution in [2.75, 3.05) is 6.26 Å². The minimum atomic E-state index is -3.69. The van der Waals surface area contributed by atoms with Crippen molar-refractivity contribution in [2.24, 2.45) is 0 Å². The van der Waals surface area contributed by atoms with Gasteiger partial charge in [0.25, 0.3) is 0 Å². The van der Waals surface area contributed by atoms with Gasteiger partial charge in [0.05, 0.1) is 0 Å². The Balaban J connectivity index is 3.23. The fourth-order valence-electron chi connectivity index (χ4n) is 1.57. The molecular formula is C14H19NO5S. The Kier molecular flexibility index (Phi) is 4.48. The lowest BCUT2D eigenvalue weighted by Crippen LogP contribution is -2.57. The fraction of sp³-hybridized carbons (Fsp3) is 0.429. The lowest BCUT2D eigenvalue weighted by molar-refractivity contribution is -0.147. The Hall–Kier alpha value is -1.89. The van der Waals surface area contributed by atoms with Crippen LogP contribution >= 0.6 is 0 Å². The van der Waals surface area contributed by atoms with Gasteiger partial charge in [0.15, 0.2) is 15.4 Å². The third-order valence-electron chi connectivity index (χ3n) is 3.62.